The number of carbonyl (C=O) groups excluding carboxylic acids is 5. The van der Waals surface area contributed by atoms with Crippen molar-refractivity contribution in [1.29, 1.82) is 0 Å². The molecule has 0 unspecified atom stereocenters. The standard InChI is InChI=1S/C31H35N3O11/c1-17-10-12-22(13-11-17)40-15-14-34-24-9-7-6-8-23(24)26(30(34)39)33-45-31-27(32-18(2)35)29(43-21(5)38)28(42-20(4)37)25(44-31)16-41-19(3)36/h6-13,25,27-29,31H,14-16H2,1-5H3,(H,32,35)/b33-26+/t25-,27+,28-,29-,31+/m1/s1. The molecule has 0 bridgehead atoms. The number of nitrogens with one attached hydrogen (secondary N) is 1. The van der Waals surface area contributed by atoms with Gasteiger partial charge in [0.15, 0.2) is 17.9 Å². The van der Waals surface area contributed by atoms with Gasteiger partial charge in [-0.25, -0.2) is 0 Å². The summed E-state index contributed by atoms with van der Waals surface area (Å²) in [7, 11) is 0. The number of aryl methyl sites for hydroxylation is 1. The maximum atomic E-state index is 13.6. The van der Waals surface area contributed by atoms with E-state index in [9.17, 15) is 24.0 Å². The van der Waals surface area contributed by atoms with Gasteiger partial charge in [0.05, 0.1) is 12.2 Å². The summed E-state index contributed by atoms with van der Waals surface area (Å²) in [5.74, 6) is -2.51. The smallest absolute Gasteiger partial charge is 0.303 e. The molecule has 0 aromatic heterocycles. The Balaban J connectivity index is 1.61. The third-order valence-electron chi connectivity index (χ3n) is 6.82. The Morgan fingerprint density at radius 3 is 2.22 bits per heavy atom. The second kappa shape index (κ2) is 14.7. The van der Waals surface area contributed by atoms with Crippen LogP contribution in [0, 0.1) is 6.92 Å². The number of ether oxygens (including phenoxy) is 5. The number of fused-ring (bicyclic) bond motifs is 1. The molecule has 45 heavy (non-hydrogen) atoms. The molecule has 2 amide bonds. The summed E-state index contributed by atoms with van der Waals surface area (Å²) in [6.45, 7) is 6.63. The molecule has 0 radical (unpaired) electrons. The van der Waals surface area contributed by atoms with Crippen molar-refractivity contribution in [2.45, 2.75) is 65.3 Å². The van der Waals surface area contributed by atoms with Crippen LogP contribution >= 0.6 is 0 Å². The largest absolute Gasteiger partial charge is 0.492 e. The molecule has 240 valence electrons. The first-order valence-corrected chi connectivity index (χ1v) is 14.2. The summed E-state index contributed by atoms with van der Waals surface area (Å²) in [6, 6.07) is 13.3. The number of hydrogen-bond acceptors (Lipinski definition) is 12. The number of benzene rings is 2. The van der Waals surface area contributed by atoms with Gasteiger partial charge in [-0.3, -0.25) is 24.0 Å². The Morgan fingerprint density at radius 2 is 1.58 bits per heavy atom. The zero-order chi connectivity index (χ0) is 32.7. The number of rotatable bonds is 11. The van der Waals surface area contributed by atoms with Crippen LogP contribution in [0.2, 0.25) is 0 Å². The molecular weight excluding hydrogens is 590 g/mol. The van der Waals surface area contributed by atoms with Crippen LogP contribution < -0.4 is 15.0 Å². The van der Waals surface area contributed by atoms with Crippen molar-refractivity contribution in [2.24, 2.45) is 5.16 Å². The van der Waals surface area contributed by atoms with Crippen molar-refractivity contribution >= 4 is 41.1 Å². The summed E-state index contributed by atoms with van der Waals surface area (Å²) < 4.78 is 27.8. The molecule has 2 aliphatic rings. The predicted molar refractivity (Wildman–Crippen MR) is 157 cm³/mol. The highest BCUT2D eigenvalue weighted by atomic mass is 16.8. The average molecular weight is 626 g/mol. The molecule has 1 N–H and O–H groups in total. The summed E-state index contributed by atoms with van der Waals surface area (Å²) in [4.78, 5) is 68.7. The maximum Gasteiger partial charge on any atom is 0.303 e. The predicted octanol–water partition coefficient (Wildman–Crippen LogP) is 1.80. The summed E-state index contributed by atoms with van der Waals surface area (Å²) in [5, 5.41) is 6.73. The average Bonchev–Trinajstić information content (AvgIpc) is 3.24. The summed E-state index contributed by atoms with van der Waals surface area (Å²) >= 11 is 0. The van der Waals surface area contributed by atoms with Gasteiger partial charge in [-0.05, 0) is 25.1 Å². The van der Waals surface area contributed by atoms with Gasteiger partial charge in [-0.15, -0.1) is 0 Å². The number of hydrogen-bond donors (Lipinski definition) is 1. The molecule has 5 atom stereocenters. The van der Waals surface area contributed by atoms with E-state index in [1.165, 1.54) is 18.7 Å². The van der Waals surface area contributed by atoms with Gasteiger partial charge in [0.2, 0.25) is 5.91 Å². The molecule has 1 saturated heterocycles. The Morgan fingerprint density at radius 1 is 0.911 bits per heavy atom. The Hall–Kier alpha value is -4.98. The second-order valence-corrected chi connectivity index (χ2v) is 10.4. The first-order valence-electron chi connectivity index (χ1n) is 14.2. The van der Waals surface area contributed by atoms with Gasteiger partial charge in [0.25, 0.3) is 12.2 Å². The normalized spacial score (nSPS) is 23.1. The molecule has 14 nitrogen and oxygen atoms in total. The van der Waals surface area contributed by atoms with Crippen LogP contribution in [-0.2, 0) is 47.8 Å². The van der Waals surface area contributed by atoms with Crippen LogP contribution in [0.25, 0.3) is 0 Å². The minimum absolute atomic E-state index is 0.0474. The highest BCUT2D eigenvalue weighted by Gasteiger charge is 2.52. The Kier molecular flexibility index (Phi) is 10.7. The van der Waals surface area contributed by atoms with Gasteiger partial charge < -0.3 is 38.7 Å². The minimum atomic E-state index is -1.48. The highest BCUT2D eigenvalue weighted by Crippen LogP contribution is 2.31. The summed E-state index contributed by atoms with van der Waals surface area (Å²) in [6.07, 6.45) is -5.30. The fourth-order valence-corrected chi connectivity index (χ4v) is 4.95. The van der Waals surface area contributed by atoms with E-state index in [0.717, 1.165) is 19.4 Å². The lowest BCUT2D eigenvalue weighted by Gasteiger charge is -2.43. The molecule has 4 rings (SSSR count). The number of para-hydroxylation sites is 1. The van der Waals surface area contributed by atoms with E-state index in [2.05, 4.69) is 10.5 Å². The van der Waals surface area contributed by atoms with E-state index < -0.39 is 67.0 Å². The van der Waals surface area contributed by atoms with E-state index in [4.69, 9.17) is 28.5 Å². The van der Waals surface area contributed by atoms with Crippen molar-refractivity contribution in [2.75, 3.05) is 24.7 Å². The number of carbonyl (C=O) groups is 5. The topological polar surface area (TPSA) is 168 Å². The molecule has 14 heteroatoms. The molecular formula is C31H35N3O11. The van der Waals surface area contributed by atoms with Crippen LogP contribution in [0.5, 0.6) is 5.75 Å². The minimum Gasteiger partial charge on any atom is -0.492 e. The van der Waals surface area contributed by atoms with Crippen molar-refractivity contribution in [3.05, 3.63) is 59.7 Å². The van der Waals surface area contributed by atoms with E-state index in [0.29, 0.717) is 17.0 Å². The highest BCUT2D eigenvalue weighted by molar-refractivity contribution is 6.54. The van der Waals surface area contributed by atoms with Crippen molar-refractivity contribution in [3.63, 3.8) is 0 Å². The van der Waals surface area contributed by atoms with Crippen LogP contribution in [0.4, 0.5) is 5.69 Å². The number of esters is 3. The number of oxime groups is 1. The molecule has 0 saturated carbocycles. The lowest BCUT2D eigenvalue weighted by atomic mass is 9.96. The number of nitrogens with zero attached hydrogens (tertiary/aromatic N) is 2. The van der Waals surface area contributed by atoms with E-state index >= 15 is 0 Å². The van der Waals surface area contributed by atoms with Gasteiger partial charge in [-0.2, -0.15) is 0 Å². The maximum absolute atomic E-state index is 13.6. The third-order valence-corrected chi connectivity index (χ3v) is 6.82. The van der Waals surface area contributed by atoms with E-state index in [1.807, 2.05) is 31.2 Å². The molecule has 2 aromatic carbocycles. The number of amides is 2. The Bertz CT molecular complexity index is 1460. The lowest BCUT2D eigenvalue weighted by molar-refractivity contribution is -0.278. The van der Waals surface area contributed by atoms with Crippen LogP contribution in [0.1, 0.15) is 38.8 Å². The summed E-state index contributed by atoms with van der Waals surface area (Å²) in [5.41, 5.74) is 2.11. The molecule has 2 aromatic rings. The second-order valence-electron chi connectivity index (χ2n) is 10.4. The van der Waals surface area contributed by atoms with Crippen LogP contribution in [0.3, 0.4) is 0 Å². The first kappa shape index (κ1) is 32.9. The van der Waals surface area contributed by atoms with Gasteiger partial charge >= 0.3 is 17.9 Å². The van der Waals surface area contributed by atoms with Crippen LogP contribution in [0.15, 0.2) is 53.7 Å². The van der Waals surface area contributed by atoms with Crippen molar-refractivity contribution in [3.8, 4) is 5.75 Å². The molecule has 1 fully saturated rings. The fraction of sp³-hybridized carbons (Fsp3) is 0.419. The van der Waals surface area contributed by atoms with Crippen molar-refractivity contribution in [1.82, 2.24) is 5.32 Å². The van der Waals surface area contributed by atoms with E-state index in [-0.39, 0.29) is 18.9 Å². The van der Waals surface area contributed by atoms with Crippen LogP contribution in [-0.4, -0.2) is 85.8 Å². The number of anilines is 1. The van der Waals surface area contributed by atoms with Crippen molar-refractivity contribution < 1.29 is 52.5 Å². The zero-order valence-electron chi connectivity index (χ0n) is 25.5. The van der Waals surface area contributed by atoms with Gasteiger partial charge in [-0.1, -0.05) is 41.1 Å². The first-order chi connectivity index (χ1) is 21.4. The molecule has 2 aliphatic heterocycles. The molecule has 0 spiro atoms. The van der Waals surface area contributed by atoms with E-state index in [1.54, 1.807) is 24.3 Å². The fourth-order valence-electron chi connectivity index (χ4n) is 4.95. The van der Waals surface area contributed by atoms with Gasteiger partial charge in [0.1, 0.15) is 31.1 Å². The SMILES string of the molecule is CC(=O)N[C@@H]1[C@H](O/N=C2/C(=O)N(CCOc3ccc(C)cc3)c3ccccc32)O[C@H](COC(C)=O)[C@@H](OC(C)=O)[C@@H]1OC(C)=O. The molecule has 2 heterocycles. The van der Waals surface area contributed by atoms with Gasteiger partial charge in [0, 0.05) is 33.3 Å². The zero-order valence-corrected chi connectivity index (χ0v) is 25.5. The molecule has 0 aliphatic carbocycles. The third kappa shape index (κ3) is 8.35. The Labute approximate surface area is 259 Å². The monoisotopic (exact) mass is 625 g/mol. The lowest BCUT2D eigenvalue weighted by Crippen LogP contribution is -2.66. The quantitative estimate of drug-likeness (QED) is 0.220.